The van der Waals surface area contributed by atoms with Gasteiger partial charge in [0, 0.05) is 5.56 Å². The maximum atomic E-state index is 5.70. The third-order valence-electron chi connectivity index (χ3n) is 2.77. The molecule has 0 aliphatic carbocycles. The van der Waals surface area contributed by atoms with Gasteiger partial charge in [-0.15, -0.1) is 0 Å². The summed E-state index contributed by atoms with van der Waals surface area (Å²) in [6, 6.07) is 6.88. The van der Waals surface area contributed by atoms with E-state index >= 15 is 0 Å². The summed E-state index contributed by atoms with van der Waals surface area (Å²) in [5.41, 5.74) is 0.762. The predicted octanol–water partition coefficient (Wildman–Crippen LogP) is 2.28. The molecule has 0 fully saturated rings. The monoisotopic (exact) mass is 319 g/mol. The van der Waals surface area contributed by atoms with Gasteiger partial charge < -0.3 is 23.8 Å². The Kier molecular flexibility index (Phi) is 5.56. The Bertz CT molecular complexity index is 669. The molecule has 1 aromatic carbocycles. The number of aromatic nitrogens is 2. The summed E-state index contributed by atoms with van der Waals surface area (Å²) in [4.78, 5) is 12.9. The number of ether oxygens (including phenoxy) is 4. The lowest BCUT2D eigenvalue weighted by molar-refractivity contribution is 0.215. The second-order valence-corrected chi connectivity index (χ2v) is 4.16. The molecular weight excluding hydrogens is 302 g/mol. The quantitative estimate of drug-likeness (QED) is 0.571. The van der Waals surface area contributed by atoms with E-state index in [1.807, 2.05) is 0 Å². The summed E-state index contributed by atoms with van der Waals surface area (Å²) in [5, 5.41) is 3.71. The second kappa shape index (κ2) is 7.83. The predicted molar refractivity (Wildman–Crippen MR) is 82.8 cm³/mol. The van der Waals surface area contributed by atoms with Crippen molar-refractivity contribution < 1.29 is 23.8 Å². The van der Waals surface area contributed by atoms with Gasteiger partial charge >= 0.3 is 6.01 Å². The van der Waals surface area contributed by atoms with E-state index in [1.54, 1.807) is 30.5 Å². The standard InChI is InChI=1S/C15H17N3O5/c1-19-11-6-5-10(9-16-22-4)7-12(11)23-15-17-13(20-2)8-14(18-15)21-3/h5-9H,1-4H3. The van der Waals surface area contributed by atoms with E-state index in [9.17, 15) is 0 Å². The number of nitrogens with zero attached hydrogens (tertiary/aromatic N) is 3. The van der Waals surface area contributed by atoms with E-state index in [-0.39, 0.29) is 6.01 Å². The van der Waals surface area contributed by atoms with E-state index in [1.165, 1.54) is 28.4 Å². The second-order valence-electron chi connectivity index (χ2n) is 4.16. The molecule has 23 heavy (non-hydrogen) atoms. The fourth-order valence-electron chi connectivity index (χ4n) is 1.70. The molecule has 0 saturated heterocycles. The minimum atomic E-state index is 0.0698. The summed E-state index contributed by atoms with van der Waals surface area (Å²) >= 11 is 0. The highest BCUT2D eigenvalue weighted by molar-refractivity contribution is 5.80. The van der Waals surface area contributed by atoms with Crippen LogP contribution in [0.15, 0.2) is 29.4 Å². The Morgan fingerprint density at radius 3 is 2.13 bits per heavy atom. The van der Waals surface area contributed by atoms with Crippen molar-refractivity contribution in [2.75, 3.05) is 28.4 Å². The highest BCUT2D eigenvalue weighted by Gasteiger charge is 2.12. The lowest BCUT2D eigenvalue weighted by Crippen LogP contribution is -1.99. The van der Waals surface area contributed by atoms with Crippen LogP contribution >= 0.6 is 0 Å². The third-order valence-corrected chi connectivity index (χ3v) is 2.77. The van der Waals surface area contributed by atoms with Crippen LogP contribution in [0.2, 0.25) is 0 Å². The van der Waals surface area contributed by atoms with Gasteiger partial charge in [-0.2, -0.15) is 9.97 Å². The molecule has 0 aliphatic rings. The Morgan fingerprint density at radius 2 is 1.57 bits per heavy atom. The van der Waals surface area contributed by atoms with Crippen LogP contribution in [0.25, 0.3) is 0 Å². The van der Waals surface area contributed by atoms with Gasteiger partial charge in [-0.25, -0.2) is 0 Å². The van der Waals surface area contributed by atoms with E-state index in [0.717, 1.165) is 5.56 Å². The zero-order valence-corrected chi connectivity index (χ0v) is 13.3. The van der Waals surface area contributed by atoms with Crippen LogP contribution in [0.5, 0.6) is 29.3 Å². The van der Waals surface area contributed by atoms with Crippen LogP contribution in [-0.4, -0.2) is 44.6 Å². The maximum absolute atomic E-state index is 5.70. The van der Waals surface area contributed by atoms with E-state index in [2.05, 4.69) is 20.0 Å². The van der Waals surface area contributed by atoms with Crippen molar-refractivity contribution in [2.24, 2.45) is 5.16 Å². The summed E-state index contributed by atoms with van der Waals surface area (Å²) in [7, 11) is 5.99. The molecule has 0 radical (unpaired) electrons. The van der Waals surface area contributed by atoms with Gasteiger partial charge in [-0.3, -0.25) is 0 Å². The number of hydrogen-bond acceptors (Lipinski definition) is 8. The van der Waals surface area contributed by atoms with Crippen LogP contribution in [0.1, 0.15) is 5.56 Å². The molecule has 0 aliphatic heterocycles. The number of methoxy groups -OCH3 is 3. The van der Waals surface area contributed by atoms with Gasteiger partial charge in [0.1, 0.15) is 7.11 Å². The molecule has 0 bridgehead atoms. The molecule has 0 saturated carbocycles. The molecule has 1 aromatic heterocycles. The lowest BCUT2D eigenvalue weighted by atomic mass is 10.2. The van der Waals surface area contributed by atoms with Crippen molar-refractivity contribution in [1.29, 1.82) is 0 Å². The van der Waals surface area contributed by atoms with Crippen LogP contribution < -0.4 is 18.9 Å². The SMILES string of the molecule is CON=Cc1ccc(OC)c(Oc2nc(OC)cc(OC)n2)c1. The van der Waals surface area contributed by atoms with Gasteiger partial charge in [0.2, 0.25) is 11.8 Å². The largest absolute Gasteiger partial charge is 0.493 e. The Balaban J connectivity index is 2.36. The average Bonchev–Trinajstić information content (AvgIpc) is 2.59. The van der Waals surface area contributed by atoms with Gasteiger partial charge in [0.25, 0.3) is 0 Å². The molecule has 1 heterocycles. The minimum Gasteiger partial charge on any atom is -0.493 e. The van der Waals surface area contributed by atoms with Gasteiger partial charge in [-0.1, -0.05) is 5.16 Å². The highest BCUT2D eigenvalue weighted by Crippen LogP contribution is 2.32. The van der Waals surface area contributed by atoms with E-state index in [4.69, 9.17) is 18.9 Å². The molecular formula is C15H17N3O5. The topological polar surface area (TPSA) is 84.3 Å². The molecule has 2 aromatic rings. The normalized spacial score (nSPS) is 10.4. The first-order valence-corrected chi connectivity index (χ1v) is 6.59. The van der Waals surface area contributed by atoms with Crippen molar-refractivity contribution in [3.05, 3.63) is 29.8 Å². The Morgan fingerprint density at radius 1 is 0.870 bits per heavy atom. The van der Waals surface area contributed by atoms with Gasteiger partial charge in [0.05, 0.1) is 33.6 Å². The molecule has 0 amide bonds. The van der Waals surface area contributed by atoms with Gasteiger partial charge in [-0.05, 0) is 18.2 Å². The Hall–Kier alpha value is -3.03. The zero-order chi connectivity index (χ0) is 16.7. The smallest absolute Gasteiger partial charge is 0.328 e. The van der Waals surface area contributed by atoms with Crippen LogP contribution in [-0.2, 0) is 4.84 Å². The average molecular weight is 319 g/mol. The molecule has 0 N–H and O–H groups in total. The van der Waals surface area contributed by atoms with Crippen molar-refractivity contribution in [3.8, 4) is 29.3 Å². The number of rotatable bonds is 7. The minimum absolute atomic E-state index is 0.0698. The summed E-state index contributed by atoms with van der Waals surface area (Å²) in [6.07, 6.45) is 1.54. The molecule has 8 nitrogen and oxygen atoms in total. The summed E-state index contributed by atoms with van der Waals surface area (Å²) < 4.78 is 21.1. The van der Waals surface area contributed by atoms with Crippen molar-refractivity contribution in [1.82, 2.24) is 9.97 Å². The molecule has 2 rings (SSSR count). The molecule has 0 unspecified atom stereocenters. The first-order chi connectivity index (χ1) is 11.2. The van der Waals surface area contributed by atoms with E-state index < -0.39 is 0 Å². The first kappa shape index (κ1) is 16.3. The maximum Gasteiger partial charge on any atom is 0.328 e. The van der Waals surface area contributed by atoms with Crippen LogP contribution in [0, 0.1) is 0 Å². The lowest BCUT2D eigenvalue weighted by Gasteiger charge is -2.11. The van der Waals surface area contributed by atoms with Crippen LogP contribution in [0.3, 0.4) is 0 Å². The van der Waals surface area contributed by atoms with Crippen LogP contribution in [0.4, 0.5) is 0 Å². The third kappa shape index (κ3) is 4.22. The molecule has 0 spiro atoms. The number of hydrogen-bond donors (Lipinski definition) is 0. The zero-order valence-electron chi connectivity index (χ0n) is 13.3. The molecule has 0 atom stereocenters. The molecule has 8 heteroatoms. The summed E-state index contributed by atoms with van der Waals surface area (Å²) in [6.45, 7) is 0. The van der Waals surface area contributed by atoms with Gasteiger partial charge in [0.15, 0.2) is 11.5 Å². The Labute approximate surface area is 133 Å². The van der Waals surface area contributed by atoms with Crippen molar-refractivity contribution >= 4 is 6.21 Å². The molecule has 122 valence electrons. The van der Waals surface area contributed by atoms with Crippen molar-refractivity contribution in [2.45, 2.75) is 0 Å². The number of benzene rings is 1. The fraction of sp³-hybridized carbons (Fsp3) is 0.267. The van der Waals surface area contributed by atoms with E-state index in [0.29, 0.717) is 23.3 Å². The fourth-order valence-corrected chi connectivity index (χ4v) is 1.70. The highest BCUT2D eigenvalue weighted by atomic mass is 16.6. The first-order valence-electron chi connectivity index (χ1n) is 6.59. The summed E-state index contributed by atoms with van der Waals surface area (Å²) in [5.74, 6) is 1.58. The number of oxime groups is 1. The van der Waals surface area contributed by atoms with Crippen molar-refractivity contribution in [3.63, 3.8) is 0 Å².